The number of thioether (sulfide) groups is 1. The maximum atomic E-state index is 11.8. The van der Waals surface area contributed by atoms with Crippen molar-refractivity contribution in [1.29, 1.82) is 0 Å². The van der Waals surface area contributed by atoms with Gasteiger partial charge in [0, 0.05) is 39.8 Å². The van der Waals surface area contributed by atoms with Crippen LogP contribution in [-0.4, -0.2) is 22.8 Å². The standard InChI is InChI=1S/C17H16ClN3O3S/c1-12-2-5-15(6-3-12)25-9-8-17(22)20-19-11-13-10-14(21(23)24)4-7-16(13)18/h2-7,10-11H,8-9H2,1H3,(H,20,22)/b19-11-. The van der Waals surface area contributed by atoms with Crippen molar-refractivity contribution < 1.29 is 9.72 Å². The number of nitrogens with one attached hydrogen (secondary N) is 1. The first-order chi connectivity index (χ1) is 12.0. The van der Waals surface area contributed by atoms with Crippen molar-refractivity contribution in [3.63, 3.8) is 0 Å². The van der Waals surface area contributed by atoms with Gasteiger partial charge in [-0.15, -0.1) is 11.8 Å². The van der Waals surface area contributed by atoms with Gasteiger partial charge < -0.3 is 0 Å². The molecule has 0 aliphatic rings. The normalized spacial score (nSPS) is 10.8. The fraction of sp³-hybridized carbons (Fsp3) is 0.176. The lowest BCUT2D eigenvalue weighted by molar-refractivity contribution is -0.384. The second-order valence-electron chi connectivity index (χ2n) is 5.17. The summed E-state index contributed by atoms with van der Waals surface area (Å²) in [5.41, 5.74) is 3.86. The summed E-state index contributed by atoms with van der Waals surface area (Å²) >= 11 is 7.53. The molecule has 0 atom stereocenters. The minimum absolute atomic E-state index is 0.0910. The number of carbonyl (C=O) groups is 1. The molecule has 0 spiro atoms. The molecule has 0 saturated heterocycles. The second-order valence-corrected chi connectivity index (χ2v) is 6.74. The third-order valence-electron chi connectivity index (χ3n) is 3.20. The molecule has 0 aliphatic carbocycles. The molecule has 1 N–H and O–H groups in total. The van der Waals surface area contributed by atoms with Gasteiger partial charge >= 0.3 is 0 Å². The molecule has 2 aromatic carbocycles. The summed E-state index contributed by atoms with van der Waals surface area (Å²) in [5, 5.41) is 14.9. The molecule has 0 fully saturated rings. The number of hydrazone groups is 1. The van der Waals surface area contributed by atoms with Gasteiger partial charge in [-0.3, -0.25) is 14.9 Å². The molecule has 0 saturated carbocycles. The van der Waals surface area contributed by atoms with Gasteiger partial charge in [-0.25, -0.2) is 5.43 Å². The molecular formula is C17H16ClN3O3S. The molecule has 2 aromatic rings. The van der Waals surface area contributed by atoms with Crippen molar-refractivity contribution in [3.8, 4) is 0 Å². The largest absolute Gasteiger partial charge is 0.273 e. The fourth-order valence-corrected chi connectivity index (χ4v) is 2.89. The number of carbonyl (C=O) groups excluding carboxylic acids is 1. The number of halogens is 1. The van der Waals surface area contributed by atoms with Gasteiger partial charge in [0.2, 0.25) is 5.91 Å². The van der Waals surface area contributed by atoms with E-state index in [-0.39, 0.29) is 11.6 Å². The summed E-state index contributed by atoms with van der Waals surface area (Å²) in [4.78, 5) is 23.1. The van der Waals surface area contributed by atoms with Crippen LogP contribution in [0.3, 0.4) is 0 Å². The highest BCUT2D eigenvalue weighted by Gasteiger charge is 2.08. The highest BCUT2D eigenvalue weighted by molar-refractivity contribution is 7.99. The van der Waals surface area contributed by atoms with Gasteiger partial charge in [0.1, 0.15) is 0 Å². The SMILES string of the molecule is Cc1ccc(SCCC(=O)N/N=C\c2cc([N+](=O)[O-])ccc2Cl)cc1. The topological polar surface area (TPSA) is 84.6 Å². The van der Waals surface area contributed by atoms with E-state index in [9.17, 15) is 14.9 Å². The molecule has 0 radical (unpaired) electrons. The van der Waals surface area contributed by atoms with E-state index < -0.39 is 4.92 Å². The number of nitro benzene ring substituents is 1. The lowest BCUT2D eigenvalue weighted by Crippen LogP contribution is -2.17. The molecule has 0 aliphatic heterocycles. The summed E-state index contributed by atoms with van der Waals surface area (Å²) in [7, 11) is 0. The predicted octanol–water partition coefficient (Wildman–Crippen LogP) is 4.19. The number of benzene rings is 2. The van der Waals surface area contributed by atoms with Crippen LogP contribution in [0, 0.1) is 17.0 Å². The van der Waals surface area contributed by atoms with Crippen LogP contribution >= 0.6 is 23.4 Å². The Morgan fingerprint density at radius 2 is 2.04 bits per heavy atom. The molecule has 1 amide bonds. The summed E-state index contributed by atoms with van der Waals surface area (Å²) in [6.07, 6.45) is 1.60. The number of non-ortho nitro benzene ring substituents is 1. The first-order valence-electron chi connectivity index (χ1n) is 7.41. The Morgan fingerprint density at radius 3 is 2.72 bits per heavy atom. The minimum Gasteiger partial charge on any atom is -0.273 e. The van der Waals surface area contributed by atoms with E-state index in [0.717, 1.165) is 4.90 Å². The Labute approximate surface area is 154 Å². The summed E-state index contributed by atoms with van der Waals surface area (Å²) in [5.74, 6) is 0.388. The van der Waals surface area contributed by atoms with E-state index in [0.29, 0.717) is 22.8 Å². The van der Waals surface area contributed by atoms with Gasteiger partial charge in [0.25, 0.3) is 5.69 Å². The van der Waals surface area contributed by atoms with E-state index in [1.807, 2.05) is 31.2 Å². The molecule has 8 heteroatoms. The quantitative estimate of drug-likeness (QED) is 0.339. The van der Waals surface area contributed by atoms with E-state index >= 15 is 0 Å². The number of hydrogen-bond acceptors (Lipinski definition) is 5. The van der Waals surface area contributed by atoms with E-state index in [1.54, 1.807) is 11.8 Å². The number of aryl methyl sites for hydroxylation is 1. The molecular weight excluding hydrogens is 362 g/mol. The van der Waals surface area contributed by atoms with Gasteiger partial charge in [-0.2, -0.15) is 5.10 Å². The van der Waals surface area contributed by atoms with Crippen molar-refractivity contribution in [2.45, 2.75) is 18.2 Å². The van der Waals surface area contributed by atoms with Crippen LogP contribution in [0.25, 0.3) is 0 Å². The zero-order valence-electron chi connectivity index (χ0n) is 13.4. The van der Waals surface area contributed by atoms with Gasteiger partial charge in [0.15, 0.2) is 0 Å². The van der Waals surface area contributed by atoms with Crippen LogP contribution in [0.2, 0.25) is 5.02 Å². The van der Waals surface area contributed by atoms with Crippen LogP contribution in [0.15, 0.2) is 52.5 Å². The van der Waals surface area contributed by atoms with Crippen LogP contribution in [0.4, 0.5) is 5.69 Å². The summed E-state index contributed by atoms with van der Waals surface area (Å²) in [6.45, 7) is 2.02. The number of rotatable bonds is 7. The van der Waals surface area contributed by atoms with Crippen molar-refractivity contribution in [1.82, 2.24) is 5.43 Å². The maximum absolute atomic E-state index is 11.8. The molecule has 6 nitrogen and oxygen atoms in total. The highest BCUT2D eigenvalue weighted by atomic mass is 35.5. The van der Waals surface area contributed by atoms with E-state index in [1.165, 1.54) is 30.0 Å². The smallest absolute Gasteiger partial charge is 0.270 e. The number of hydrogen-bond donors (Lipinski definition) is 1. The molecule has 0 aromatic heterocycles. The third kappa shape index (κ3) is 6.21. The Kier molecular flexibility index (Phi) is 6.97. The first kappa shape index (κ1) is 19.0. The summed E-state index contributed by atoms with van der Waals surface area (Å²) in [6, 6.07) is 12.1. The second kappa shape index (κ2) is 9.19. The monoisotopic (exact) mass is 377 g/mol. The molecule has 2 rings (SSSR count). The van der Waals surface area contributed by atoms with Crippen molar-refractivity contribution in [2.24, 2.45) is 5.10 Å². The lowest BCUT2D eigenvalue weighted by Gasteiger charge is -2.02. The Hall–Kier alpha value is -2.38. The van der Waals surface area contributed by atoms with E-state index in [2.05, 4.69) is 10.5 Å². The van der Waals surface area contributed by atoms with Crippen LogP contribution in [-0.2, 0) is 4.79 Å². The molecule has 130 valence electrons. The van der Waals surface area contributed by atoms with Gasteiger partial charge in [-0.05, 0) is 25.1 Å². The zero-order valence-corrected chi connectivity index (χ0v) is 15.0. The first-order valence-corrected chi connectivity index (χ1v) is 8.77. The Morgan fingerprint density at radius 1 is 1.32 bits per heavy atom. The third-order valence-corrected chi connectivity index (χ3v) is 4.56. The van der Waals surface area contributed by atoms with Crippen molar-refractivity contribution in [3.05, 3.63) is 68.7 Å². The molecule has 0 heterocycles. The fourth-order valence-electron chi connectivity index (χ4n) is 1.87. The van der Waals surface area contributed by atoms with Crippen molar-refractivity contribution in [2.75, 3.05) is 5.75 Å². The number of nitro groups is 1. The Balaban J connectivity index is 1.81. The number of nitrogens with zero attached hydrogens (tertiary/aromatic N) is 2. The van der Waals surface area contributed by atoms with Gasteiger partial charge in [0.05, 0.1) is 11.1 Å². The predicted molar refractivity (Wildman–Crippen MR) is 100 cm³/mol. The lowest BCUT2D eigenvalue weighted by atomic mass is 10.2. The van der Waals surface area contributed by atoms with Gasteiger partial charge in [-0.1, -0.05) is 29.3 Å². The highest BCUT2D eigenvalue weighted by Crippen LogP contribution is 2.20. The van der Waals surface area contributed by atoms with Crippen LogP contribution in [0.1, 0.15) is 17.5 Å². The molecule has 0 bridgehead atoms. The van der Waals surface area contributed by atoms with E-state index in [4.69, 9.17) is 11.6 Å². The average molecular weight is 378 g/mol. The maximum Gasteiger partial charge on any atom is 0.270 e. The zero-order chi connectivity index (χ0) is 18.2. The van der Waals surface area contributed by atoms with Crippen LogP contribution < -0.4 is 5.43 Å². The van der Waals surface area contributed by atoms with Crippen LogP contribution in [0.5, 0.6) is 0 Å². The summed E-state index contributed by atoms with van der Waals surface area (Å²) < 4.78 is 0. The minimum atomic E-state index is -0.519. The molecule has 25 heavy (non-hydrogen) atoms. The average Bonchev–Trinajstić information content (AvgIpc) is 2.58. The van der Waals surface area contributed by atoms with Crippen molar-refractivity contribution >= 4 is 41.2 Å². The Bertz CT molecular complexity index is 794. The number of amides is 1. The molecule has 0 unspecified atom stereocenters.